The van der Waals surface area contributed by atoms with E-state index in [1.807, 2.05) is 0 Å². The number of rotatable bonds is 2. The molecule has 0 bridgehead atoms. The summed E-state index contributed by atoms with van der Waals surface area (Å²) in [4.78, 5) is 0. The van der Waals surface area contributed by atoms with Crippen LogP contribution in [0.15, 0.2) is 0 Å². The zero-order valence-electron chi connectivity index (χ0n) is 16.9. The fourth-order valence-corrected chi connectivity index (χ4v) is 8.53. The van der Waals surface area contributed by atoms with Gasteiger partial charge in [0.1, 0.15) is 0 Å². The van der Waals surface area contributed by atoms with Crippen LogP contribution < -0.4 is 0 Å². The van der Waals surface area contributed by atoms with E-state index < -0.39 is 5.60 Å². The van der Waals surface area contributed by atoms with E-state index in [1.54, 1.807) is 0 Å². The highest BCUT2D eigenvalue weighted by Crippen LogP contribution is 2.68. The smallest absolute Gasteiger partial charge is 0.0622 e. The first-order chi connectivity index (χ1) is 11.7. The molecule has 4 rings (SSSR count). The molecule has 144 valence electrons. The molecule has 4 saturated carbocycles. The van der Waals surface area contributed by atoms with Gasteiger partial charge in [0.05, 0.1) is 5.60 Å². The Labute approximate surface area is 154 Å². The van der Waals surface area contributed by atoms with Crippen molar-refractivity contribution in [1.82, 2.24) is 0 Å². The topological polar surface area (TPSA) is 40.5 Å². The number of fused-ring (bicyclic) bond motifs is 5. The third-order valence-electron chi connectivity index (χ3n) is 10.0. The first-order valence-electron chi connectivity index (χ1n) is 11.0. The minimum absolute atomic E-state index is 0.357. The highest BCUT2D eigenvalue weighted by atomic mass is 16.3. The normalized spacial score (nSPS) is 56.6. The number of aliphatic hydroxyl groups is 2. The lowest BCUT2D eigenvalue weighted by Gasteiger charge is -2.62. The monoisotopic (exact) mass is 348 g/mol. The summed E-state index contributed by atoms with van der Waals surface area (Å²) in [6.07, 6.45) is 11.5. The molecule has 2 heteroatoms. The quantitative estimate of drug-likeness (QED) is 0.735. The van der Waals surface area contributed by atoms with E-state index in [1.165, 1.54) is 44.9 Å². The number of hydrogen-bond donors (Lipinski definition) is 2. The second-order valence-electron chi connectivity index (χ2n) is 11.2. The maximum absolute atomic E-state index is 10.6. The minimum atomic E-state index is -0.421. The fraction of sp³-hybridized carbons (Fsp3) is 1.00. The Morgan fingerprint density at radius 1 is 0.880 bits per heavy atom. The van der Waals surface area contributed by atoms with Crippen molar-refractivity contribution < 1.29 is 10.2 Å². The van der Waals surface area contributed by atoms with Crippen molar-refractivity contribution in [3.63, 3.8) is 0 Å². The maximum Gasteiger partial charge on any atom is 0.0622 e. The van der Waals surface area contributed by atoms with Crippen molar-refractivity contribution in [2.75, 3.05) is 6.61 Å². The van der Waals surface area contributed by atoms with E-state index in [0.29, 0.717) is 23.4 Å². The highest BCUT2D eigenvalue weighted by molar-refractivity contribution is 5.10. The van der Waals surface area contributed by atoms with Crippen LogP contribution >= 0.6 is 0 Å². The Kier molecular flexibility index (Phi) is 4.36. The van der Waals surface area contributed by atoms with Gasteiger partial charge in [0.15, 0.2) is 0 Å². The summed E-state index contributed by atoms with van der Waals surface area (Å²) >= 11 is 0. The molecule has 25 heavy (non-hydrogen) atoms. The molecule has 0 aliphatic heterocycles. The van der Waals surface area contributed by atoms with E-state index in [2.05, 4.69) is 27.7 Å². The molecule has 2 N–H and O–H groups in total. The Balaban J connectivity index is 1.58. The van der Waals surface area contributed by atoms with Crippen LogP contribution in [0, 0.1) is 46.3 Å². The third-order valence-corrected chi connectivity index (χ3v) is 10.0. The molecule has 0 heterocycles. The lowest BCUT2D eigenvalue weighted by Crippen LogP contribution is -2.55. The van der Waals surface area contributed by atoms with Crippen LogP contribution in [-0.2, 0) is 0 Å². The molecule has 0 amide bonds. The summed E-state index contributed by atoms with van der Waals surface area (Å²) < 4.78 is 0. The molecule has 4 aliphatic carbocycles. The minimum Gasteiger partial charge on any atom is -0.396 e. The fourth-order valence-electron chi connectivity index (χ4n) is 8.53. The van der Waals surface area contributed by atoms with Crippen molar-refractivity contribution in [3.8, 4) is 0 Å². The van der Waals surface area contributed by atoms with Gasteiger partial charge < -0.3 is 10.2 Å². The maximum atomic E-state index is 10.6. The molecule has 0 spiro atoms. The Hall–Kier alpha value is -0.0800. The Morgan fingerprint density at radius 2 is 1.60 bits per heavy atom. The summed E-state index contributed by atoms with van der Waals surface area (Å²) in [6, 6.07) is 0. The summed E-state index contributed by atoms with van der Waals surface area (Å²) in [6.45, 7) is 9.84. The lowest BCUT2D eigenvalue weighted by molar-refractivity contribution is -0.148. The molecule has 7 unspecified atom stereocenters. The molecule has 4 aliphatic rings. The van der Waals surface area contributed by atoms with Gasteiger partial charge in [0, 0.05) is 6.61 Å². The van der Waals surface area contributed by atoms with Crippen molar-refractivity contribution in [1.29, 1.82) is 0 Å². The van der Waals surface area contributed by atoms with Gasteiger partial charge in [0.25, 0.3) is 0 Å². The SMILES string of the molecule is C[C@H](CO)C1CCC2C3CCC4C[C@@](C)(O)CCC4(C)C3CCC21C. The van der Waals surface area contributed by atoms with Crippen LogP contribution in [0.1, 0.15) is 85.5 Å². The molecule has 0 aromatic rings. The molecule has 0 saturated heterocycles. The second kappa shape index (κ2) is 5.96. The second-order valence-corrected chi connectivity index (χ2v) is 11.2. The van der Waals surface area contributed by atoms with Gasteiger partial charge in [-0.15, -0.1) is 0 Å². The first-order valence-corrected chi connectivity index (χ1v) is 11.0. The molecule has 4 fully saturated rings. The molecule has 0 aromatic carbocycles. The first kappa shape index (κ1) is 18.3. The van der Waals surface area contributed by atoms with Crippen LogP contribution in [0.5, 0.6) is 0 Å². The number of aliphatic hydroxyl groups excluding tert-OH is 1. The lowest BCUT2D eigenvalue weighted by atomic mass is 9.43. The van der Waals surface area contributed by atoms with Gasteiger partial charge in [-0.1, -0.05) is 20.8 Å². The summed E-state index contributed by atoms with van der Waals surface area (Å²) in [5.74, 6) is 4.58. The molecular weight excluding hydrogens is 308 g/mol. The summed E-state index contributed by atoms with van der Waals surface area (Å²) in [7, 11) is 0. The van der Waals surface area contributed by atoms with Gasteiger partial charge in [-0.05, 0) is 111 Å². The zero-order valence-corrected chi connectivity index (χ0v) is 16.9. The molecular formula is C23H40O2. The Bertz CT molecular complexity index is 514. The van der Waals surface area contributed by atoms with E-state index in [4.69, 9.17) is 0 Å². The zero-order chi connectivity index (χ0) is 18.0. The van der Waals surface area contributed by atoms with Crippen molar-refractivity contribution in [2.45, 2.75) is 91.1 Å². The van der Waals surface area contributed by atoms with Crippen LogP contribution in [0.4, 0.5) is 0 Å². The van der Waals surface area contributed by atoms with Gasteiger partial charge >= 0.3 is 0 Å². The van der Waals surface area contributed by atoms with Crippen LogP contribution in [0.3, 0.4) is 0 Å². The van der Waals surface area contributed by atoms with Crippen LogP contribution in [0.2, 0.25) is 0 Å². The van der Waals surface area contributed by atoms with Crippen LogP contribution in [-0.4, -0.2) is 22.4 Å². The van der Waals surface area contributed by atoms with Gasteiger partial charge in [-0.2, -0.15) is 0 Å². The van der Waals surface area contributed by atoms with Crippen molar-refractivity contribution >= 4 is 0 Å². The average Bonchev–Trinajstić information content (AvgIpc) is 2.92. The van der Waals surface area contributed by atoms with Gasteiger partial charge in [-0.3, -0.25) is 0 Å². The largest absolute Gasteiger partial charge is 0.396 e. The summed E-state index contributed by atoms with van der Waals surface area (Å²) in [5.41, 5.74) is 0.509. The average molecular weight is 349 g/mol. The predicted molar refractivity (Wildman–Crippen MR) is 102 cm³/mol. The Morgan fingerprint density at radius 3 is 2.32 bits per heavy atom. The van der Waals surface area contributed by atoms with E-state index in [0.717, 1.165) is 42.4 Å². The molecule has 0 radical (unpaired) electrons. The van der Waals surface area contributed by atoms with E-state index >= 15 is 0 Å². The predicted octanol–water partition coefficient (Wildman–Crippen LogP) is 5.02. The molecule has 2 nitrogen and oxygen atoms in total. The highest BCUT2D eigenvalue weighted by Gasteiger charge is 2.61. The van der Waals surface area contributed by atoms with E-state index in [-0.39, 0.29) is 0 Å². The third kappa shape index (κ3) is 2.64. The van der Waals surface area contributed by atoms with Gasteiger partial charge in [0.2, 0.25) is 0 Å². The van der Waals surface area contributed by atoms with E-state index in [9.17, 15) is 10.2 Å². The van der Waals surface area contributed by atoms with Gasteiger partial charge in [-0.25, -0.2) is 0 Å². The van der Waals surface area contributed by atoms with Crippen LogP contribution in [0.25, 0.3) is 0 Å². The van der Waals surface area contributed by atoms with Crippen molar-refractivity contribution in [3.05, 3.63) is 0 Å². The standard InChI is InChI=1S/C23H40O2/c1-15(14-24)18-7-8-19-17-6-5-16-13-21(2,25)11-12-22(16,3)20(17)9-10-23(18,19)4/h15-20,24-25H,5-14H2,1-4H3/t15-,16?,17?,18?,19?,20?,21+,22?,23?/m1/s1. The molecule has 9 atom stereocenters. The number of hydrogen-bond acceptors (Lipinski definition) is 2. The molecule has 0 aromatic heterocycles. The van der Waals surface area contributed by atoms with Crippen molar-refractivity contribution in [2.24, 2.45) is 46.3 Å². The summed E-state index contributed by atoms with van der Waals surface area (Å²) in [5, 5.41) is 20.4.